The van der Waals surface area contributed by atoms with Crippen LogP contribution < -0.4 is 10.6 Å². The fourth-order valence-corrected chi connectivity index (χ4v) is 1.03. The zero-order valence-corrected chi connectivity index (χ0v) is 6.95. The molecule has 13 heavy (non-hydrogen) atoms. The van der Waals surface area contributed by atoms with E-state index in [-0.39, 0.29) is 12.3 Å². The van der Waals surface area contributed by atoms with Crippen molar-refractivity contribution in [2.24, 2.45) is 5.92 Å². The second-order valence-electron chi connectivity index (χ2n) is 3.12. The average molecular weight is 196 g/mol. The van der Waals surface area contributed by atoms with E-state index in [1.54, 1.807) is 0 Å². The standard InChI is InChI=1S/C7H11F3N2O/c8-7(9,10)4-12-6(13)1-5-2-11-3-5/h5,11H,1-4H2,(H,12,13). The third kappa shape index (κ3) is 4.12. The van der Waals surface area contributed by atoms with Crippen LogP contribution >= 0.6 is 0 Å². The Morgan fingerprint density at radius 1 is 1.46 bits per heavy atom. The summed E-state index contributed by atoms with van der Waals surface area (Å²) in [7, 11) is 0. The highest BCUT2D eigenvalue weighted by Gasteiger charge is 2.28. The van der Waals surface area contributed by atoms with Gasteiger partial charge in [-0.05, 0) is 19.0 Å². The molecule has 3 nitrogen and oxygen atoms in total. The highest BCUT2D eigenvalue weighted by atomic mass is 19.4. The number of carbonyl (C=O) groups is 1. The summed E-state index contributed by atoms with van der Waals surface area (Å²) in [5, 5.41) is 4.77. The number of hydrogen-bond acceptors (Lipinski definition) is 2. The molecule has 0 bridgehead atoms. The molecule has 1 amide bonds. The van der Waals surface area contributed by atoms with Gasteiger partial charge >= 0.3 is 6.18 Å². The minimum atomic E-state index is -4.31. The minimum absolute atomic E-state index is 0.184. The van der Waals surface area contributed by atoms with Crippen LogP contribution in [0.3, 0.4) is 0 Å². The maximum Gasteiger partial charge on any atom is 0.405 e. The first kappa shape index (κ1) is 10.3. The Morgan fingerprint density at radius 3 is 2.46 bits per heavy atom. The van der Waals surface area contributed by atoms with Crippen LogP contribution in [0.15, 0.2) is 0 Å². The highest BCUT2D eigenvalue weighted by Crippen LogP contribution is 2.13. The number of rotatable bonds is 3. The monoisotopic (exact) mass is 196 g/mol. The number of amides is 1. The fraction of sp³-hybridized carbons (Fsp3) is 0.857. The molecule has 1 aliphatic rings. The van der Waals surface area contributed by atoms with Gasteiger partial charge in [0.1, 0.15) is 6.54 Å². The average Bonchev–Trinajstić information content (AvgIpc) is 1.91. The van der Waals surface area contributed by atoms with Gasteiger partial charge in [0.2, 0.25) is 5.91 Å². The summed E-state index contributed by atoms with van der Waals surface area (Å²) in [5.41, 5.74) is 0. The molecule has 1 aliphatic heterocycles. The van der Waals surface area contributed by atoms with Gasteiger partial charge < -0.3 is 10.6 Å². The van der Waals surface area contributed by atoms with Gasteiger partial charge in [0.15, 0.2) is 0 Å². The van der Waals surface area contributed by atoms with Crippen LogP contribution in [0.1, 0.15) is 6.42 Å². The van der Waals surface area contributed by atoms with Gasteiger partial charge in [-0.2, -0.15) is 13.2 Å². The number of carbonyl (C=O) groups excluding carboxylic acids is 1. The quantitative estimate of drug-likeness (QED) is 0.680. The zero-order valence-electron chi connectivity index (χ0n) is 6.95. The van der Waals surface area contributed by atoms with E-state index in [1.807, 2.05) is 5.32 Å². The van der Waals surface area contributed by atoms with Crippen molar-refractivity contribution in [3.05, 3.63) is 0 Å². The molecule has 76 valence electrons. The molecule has 1 fully saturated rings. The molecule has 0 spiro atoms. The maximum atomic E-state index is 11.6. The molecule has 1 heterocycles. The number of hydrogen-bond donors (Lipinski definition) is 2. The SMILES string of the molecule is O=C(CC1CNC1)NCC(F)(F)F. The van der Waals surface area contributed by atoms with Crippen LogP contribution in [0.5, 0.6) is 0 Å². The first-order valence-corrected chi connectivity index (χ1v) is 4.01. The molecule has 6 heteroatoms. The van der Waals surface area contributed by atoms with Crippen LogP contribution in [0.4, 0.5) is 13.2 Å². The molecule has 0 saturated carbocycles. The summed E-state index contributed by atoms with van der Waals surface area (Å²) in [5.74, 6) is -0.322. The van der Waals surface area contributed by atoms with Crippen molar-refractivity contribution in [3.8, 4) is 0 Å². The highest BCUT2D eigenvalue weighted by molar-refractivity contribution is 5.76. The normalized spacial score (nSPS) is 18.1. The summed E-state index contributed by atoms with van der Waals surface area (Å²) in [6, 6.07) is 0. The molecular formula is C7H11F3N2O. The third-order valence-electron chi connectivity index (χ3n) is 1.83. The van der Waals surface area contributed by atoms with E-state index in [4.69, 9.17) is 0 Å². The molecule has 2 N–H and O–H groups in total. The first-order valence-electron chi connectivity index (χ1n) is 4.01. The van der Waals surface area contributed by atoms with Gasteiger partial charge in [-0.25, -0.2) is 0 Å². The Balaban J connectivity index is 2.10. The zero-order chi connectivity index (χ0) is 9.90. The van der Waals surface area contributed by atoms with E-state index >= 15 is 0 Å². The number of nitrogens with one attached hydrogen (secondary N) is 2. The Bertz CT molecular complexity index is 189. The first-order chi connectivity index (χ1) is 5.97. The fourth-order valence-electron chi connectivity index (χ4n) is 1.03. The van der Waals surface area contributed by atoms with Gasteiger partial charge in [0.05, 0.1) is 0 Å². The lowest BCUT2D eigenvalue weighted by Gasteiger charge is -2.26. The van der Waals surface area contributed by atoms with Crippen LogP contribution in [-0.4, -0.2) is 31.7 Å². The van der Waals surface area contributed by atoms with Crippen LogP contribution in [0.25, 0.3) is 0 Å². The minimum Gasteiger partial charge on any atom is -0.347 e. The molecule has 1 saturated heterocycles. The van der Waals surface area contributed by atoms with E-state index in [0.29, 0.717) is 0 Å². The van der Waals surface area contributed by atoms with Crippen LogP contribution in [0, 0.1) is 5.92 Å². The Labute approximate surface area is 73.7 Å². The van der Waals surface area contributed by atoms with E-state index in [1.165, 1.54) is 0 Å². The topological polar surface area (TPSA) is 41.1 Å². The smallest absolute Gasteiger partial charge is 0.347 e. The van der Waals surface area contributed by atoms with E-state index in [9.17, 15) is 18.0 Å². The van der Waals surface area contributed by atoms with Crippen molar-refractivity contribution in [2.75, 3.05) is 19.6 Å². The van der Waals surface area contributed by atoms with Gasteiger partial charge in [-0.3, -0.25) is 4.79 Å². The van der Waals surface area contributed by atoms with Crippen molar-refractivity contribution in [3.63, 3.8) is 0 Å². The predicted molar refractivity (Wildman–Crippen MR) is 40.0 cm³/mol. The number of alkyl halides is 3. The summed E-state index contributed by atoms with van der Waals surface area (Å²) in [6.07, 6.45) is -4.13. The molecule has 1 rings (SSSR count). The third-order valence-corrected chi connectivity index (χ3v) is 1.83. The maximum absolute atomic E-state index is 11.6. The largest absolute Gasteiger partial charge is 0.405 e. The van der Waals surface area contributed by atoms with Crippen LogP contribution in [-0.2, 0) is 4.79 Å². The van der Waals surface area contributed by atoms with Gasteiger partial charge in [0.25, 0.3) is 0 Å². The molecule has 0 unspecified atom stereocenters. The Hall–Kier alpha value is -0.780. The summed E-state index contributed by atoms with van der Waals surface area (Å²) < 4.78 is 34.9. The van der Waals surface area contributed by atoms with Gasteiger partial charge in [0, 0.05) is 6.42 Å². The van der Waals surface area contributed by atoms with E-state index < -0.39 is 18.6 Å². The number of halogens is 3. The van der Waals surface area contributed by atoms with Crippen molar-refractivity contribution in [2.45, 2.75) is 12.6 Å². The van der Waals surface area contributed by atoms with Gasteiger partial charge in [-0.15, -0.1) is 0 Å². The molecule has 0 radical (unpaired) electrons. The Kier molecular flexibility index (Phi) is 3.13. The molecular weight excluding hydrogens is 185 g/mol. The summed E-state index contributed by atoms with van der Waals surface area (Å²) in [4.78, 5) is 10.9. The molecule has 0 aromatic carbocycles. The predicted octanol–water partition coefficient (Wildman–Crippen LogP) is 0.274. The lowest BCUT2D eigenvalue weighted by Crippen LogP contribution is -2.45. The summed E-state index contributed by atoms with van der Waals surface area (Å²) in [6.45, 7) is 0.213. The van der Waals surface area contributed by atoms with Crippen molar-refractivity contribution < 1.29 is 18.0 Å². The molecule has 0 atom stereocenters. The van der Waals surface area contributed by atoms with Crippen molar-refractivity contribution in [1.29, 1.82) is 0 Å². The molecule has 0 aromatic rings. The van der Waals surface area contributed by atoms with Crippen molar-refractivity contribution >= 4 is 5.91 Å². The van der Waals surface area contributed by atoms with Crippen LogP contribution in [0.2, 0.25) is 0 Å². The second kappa shape index (κ2) is 3.95. The lowest BCUT2D eigenvalue weighted by atomic mass is 9.99. The molecule has 0 aliphatic carbocycles. The lowest BCUT2D eigenvalue weighted by molar-refractivity contribution is -0.139. The van der Waals surface area contributed by atoms with Gasteiger partial charge in [-0.1, -0.05) is 0 Å². The summed E-state index contributed by atoms with van der Waals surface area (Å²) >= 11 is 0. The molecule has 0 aromatic heterocycles. The van der Waals surface area contributed by atoms with E-state index in [2.05, 4.69) is 5.32 Å². The Morgan fingerprint density at radius 2 is 2.08 bits per heavy atom. The second-order valence-corrected chi connectivity index (χ2v) is 3.12. The van der Waals surface area contributed by atoms with Crippen molar-refractivity contribution in [1.82, 2.24) is 10.6 Å². The van der Waals surface area contributed by atoms with E-state index in [0.717, 1.165) is 13.1 Å².